The van der Waals surface area contributed by atoms with E-state index in [1.54, 1.807) is 0 Å². The van der Waals surface area contributed by atoms with Crippen molar-refractivity contribution in [3.63, 3.8) is 0 Å². The molecule has 4 rings (SSSR count). The van der Waals surface area contributed by atoms with Gasteiger partial charge in [-0.25, -0.2) is 13.8 Å². The quantitative estimate of drug-likeness (QED) is 0.533. The summed E-state index contributed by atoms with van der Waals surface area (Å²) >= 11 is 0. The number of nitrogens with one attached hydrogen (secondary N) is 1. The van der Waals surface area contributed by atoms with Crippen LogP contribution >= 0.6 is 0 Å². The zero-order valence-corrected chi connectivity index (χ0v) is 15.1. The number of nitrogens with zero attached hydrogens (tertiary/aromatic N) is 3. The van der Waals surface area contributed by atoms with E-state index >= 15 is 0 Å². The Morgan fingerprint density at radius 1 is 1.04 bits per heavy atom. The standard InChI is InChI=1S/C20H16F2N4O2/c1-11(2)27-14-6-3-12(4-7-14)18-15-10-23-20(24-19(15)26-25-18)28-17-8-5-13(21)9-16(17)22/h3-11H,1-2H3,(H,23,24,25,26). The lowest BCUT2D eigenvalue weighted by molar-refractivity contribution is 0.242. The van der Waals surface area contributed by atoms with Crippen molar-refractivity contribution in [2.75, 3.05) is 0 Å². The highest BCUT2D eigenvalue weighted by Gasteiger charge is 2.13. The fourth-order valence-corrected chi connectivity index (χ4v) is 2.68. The van der Waals surface area contributed by atoms with Crippen LogP contribution in [-0.4, -0.2) is 26.3 Å². The average Bonchev–Trinajstić information content (AvgIpc) is 3.07. The van der Waals surface area contributed by atoms with Crippen molar-refractivity contribution >= 4 is 11.0 Å². The number of ether oxygens (including phenoxy) is 2. The minimum absolute atomic E-state index is 0.0751. The van der Waals surface area contributed by atoms with Crippen LogP contribution in [-0.2, 0) is 0 Å². The van der Waals surface area contributed by atoms with Crippen LogP contribution in [0.3, 0.4) is 0 Å². The molecule has 8 heteroatoms. The highest BCUT2D eigenvalue weighted by molar-refractivity contribution is 5.90. The minimum atomic E-state index is -0.835. The molecule has 2 aromatic heterocycles. The number of fused-ring (bicyclic) bond motifs is 1. The summed E-state index contributed by atoms with van der Waals surface area (Å²) in [4.78, 5) is 8.30. The van der Waals surface area contributed by atoms with Crippen molar-refractivity contribution in [3.05, 3.63) is 60.3 Å². The smallest absolute Gasteiger partial charge is 0.324 e. The molecule has 0 unspecified atom stereocenters. The number of hydrogen-bond donors (Lipinski definition) is 1. The largest absolute Gasteiger partial charge is 0.491 e. The summed E-state index contributed by atoms with van der Waals surface area (Å²) in [6.07, 6.45) is 1.63. The number of aromatic amines is 1. The Balaban J connectivity index is 1.61. The van der Waals surface area contributed by atoms with Gasteiger partial charge >= 0.3 is 6.01 Å². The average molecular weight is 382 g/mol. The maximum atomic E-state index is 13.7. The summed E-state index contributed by atoms with van der Waals surface area (Å²) < 4.78 is 37.7. The van der Waals surface area contributed by atoms with Crippen LogP contribution in [0, 0.1) is 11.6 Å². The molecule has 28 heavy (non-hydrogen) atoms. The molecule has 0 saturated carbocycles. The van der Waals surface area contributed by atoms with Gasteiger partial charge < -0.3 is 9.47 Å². The highest BCUT2D eigenvalue weighted by atomic mass is 19.1. The van der Waals surface area contributed by atoms with Crippen molar-refractivity contribution in [1.82, 2.24) is 20.2 Å². The molecule has 0 radical (unpaired) electrons. The van der Waals surface area contributed by atoms with E-state index in [9.17, 15) is 8.78 Å². The monoisotopic (exact) mass is 382 g/mol. The molecular formula is C20H16F2N4O2. The normalized spacial score (nSPS) is 11.2. The third-order valence-corrected chi connectivity index (χ3v) is 3.89. The predicted octanol–water partition coefficient (Wildman–Crippen LogP) is 4.88. The van der Waals surface area contributed by atoms with Gasteiger partial charge in [0.2, 0.25) is 0 Å². The van der Waals surface area contributed by atoms with E-state index in [1.165, 1.54) is 12.3 Å². The Hall–Kier alpha value is -3.55. The third-order valence-electron chi connectivity index (χ3n) is 3.89. The highest BCUT2D eigenvalue weighted by Crippen LogP contribution is 2.29. The van der Waals surface area contributed by atoms with Gasteiger partial charge in [0, 0.05) is 17.8 Å². The van der Waals surface area contributed by atoms with Gasteiger partial charge in [-0.15, -0.1) is 0 Å². The first-order chi connectivity index (χ1) is 13.5. The molecule has 0 atom stereocenters. The summed E-state index contributed by atoms with van der Waals surface area (Å²) in [6.45, 7) is 3.92. The maximum absolute atomic E-state index is 13.7. The van der Waals surface area contributed by atoms with Gasteiger partial charge in [0.25, 0.3) is 0 Å². The van der Waals surface area contributed by atoms with E-state index in [0.29, 0.717) is 16.7 Å². The maximum Gasteiger partial charge on any atom is 0.324 e. The van der Waals surface area contributed by atoms with Gasteiger partial charge in [-0.3, -0.25) is 5.10 Å². The molecule has 4 aromatic rings. The Kier molecular flexibility index (Phi) is 4.60. The predicted molar refractivity (Wildman–Crippen MR) is 99.3 cm³/mol. The van der Waals surface area contributed by atoms with Gasteiger partial charge in [0.05, 0.1) is 11.5 Å². The van der Waals surface area contributed by atoms with Gasteiger partial charge in [0.15, 0.2) is 17.2 Å². The molecule has 2 aromatic carbocycles. The lowest BCUT2D eigenvalue weighted by atomic mass is 10.1. The summed E-state index contributed by atoms with van der Waals surface area (Å²) in [5.74, 6) is -0.921. The van der Waals surface area contributed by atoms with Crippen LogP contribution in [0.25, 0.3) is 22.3 Å². The van der Waals surface area contributed by atoms with Crippen LogP contribution in [0.1, 0.15) is 13.8 Å². The van der Waals surface area contributed by atoms with E-state index in [0.717, 1.165) is 23.4 Å². The second-order valence-electron chi connectivity index (χ2n) is 6.35. The van der Waals surface area contributed by atoms with Gasteiger partial charge in [-0.05, 0) is 50.2 Å². The van der Waals surface area contributed by atoms with E-state index in [4.69, 9.17) is 9.47 Å². The topological polar surface area (TPSA) is 72.9 Å². The fourth-order valence-electron chi connectivity index (χ4n) is 2.68. The summed E-state index contributed by atoms with van der Waals surface area (Å²) in [7, 11) is 0. The molecule has 0 spiro atoms. The van der Waals surface area contributed by atoms with Gasteiger partial charge in [-0.2, -0.15) is 10.1 Å². The Labute approximate surface area is 159 Å². The molecule has 6 nitrogen and oxygen atoms in total. The first kappa shape index (κ1) is 17.8. The first-order valence-corrected chi connectivity index (χ1v) is 8.61. The summed E-state index contributed by atoms with van der Waals surface area (Å²) in [5.41, 5.74) is 1.97. The lowest BCUT2D eigenvalue weighted by Crippen LogP contribution is -2.05. The van der Waals surface area contributed by atoms with Crippen LogP contribution in [0.4, 0.5) is 8.78 Å². The number of rotatable bonds is 5. The van der Waals surface area contributed by atoms with Crippen molar-refractivity contribution in [2.24, 2.45) is 0 Å². The summed E-state index contributed by atoms with van der Waals surface area (Å²) in [6, 6.07) is 10.5. The zero-order valence-electron chi connectivity index (χ0n) is 15.1. The lowest BCUT2D eigenvalue weighted by Gasteiger charge is -2.09. The summed E-state index contributed by atoms with van der Waals surface area (Å²) in [5, 5.41) is 7.79. The van der Waals surface area contributed by atoms with Crippen molar-refractivity contribution in [1.29, 1.82) is 0 Å². The van der Waals surface area contributed by atoms with E-state index in [1.807, 2.05) is 38.1 Å². The molecule has 0 aliphatic rings. The second kappa shape index (κ2) is 7.22. The van der Waals surface area contributed by atoms with Gasteiger partial charge in [-0.1, -0.05) is 0 Å². The molecule has 0 fully saturated rings. The van der Waals surface area contributed by atoms with Crippen LogP contribution in [0.2, 0.25) is 0 Å². The molecule has 2 heterocycles. The molecule has 142 valence electrons. The molecular weight excluding hydrogens is 366 g/mol. The molecule has 0 amide bonds. The van der Waals surface area contributed by atoms with E-state index < -0.39 is 11.6 Å². The fraction of sp³-hybridized carbons (Fsp3) is 0.150. The Morgan fingerprint density at radius 2 is 1.82 bits per heavy atom. The Morgan fingerprint density at radius 3 is 2.54 bits per heavy atom. The van der Waals surface area contributed by atoms with Crippen molar-refractivity contribution < 1.29 is 18.3 Å². The number of benzene rings is 2. The third kappa shape index (κ3) is 3.62. The second-order valence-corrected chi connectivity index (χ2v) is 6.35. The number of aromatic nitrogens is 4. The number of H-pyrrole nitrogens is 1. The van der Waals surface area contributed by atoms with Crippen LogP contribution < -0.4 is 9.47 Å². The number of hydrogen-bond acceptors (Lipinski definition) is 5. The Bertz CT molecular complexity index is 1130. The molecule has 0 saturated heterocycles. The van der Waals surface area contributed by atoms with Crippen LogP contribution in [0.15, 0.2) is 48.7 Å². The molecule has 0 bridgehead atoms. The van der Waals surface area contributed by atoms with Crippen molar-refractivity contribution in [2.45, 2.75) is 20.0 Å². The molecule has 0 aliphatic heterocycles. The molecule has 0 aliphatic carbocycles. The zero-order chi connectivity index (χ0) is 19.7. The van der Waals surface area contributed by atoms with Gasteiger partial charge in [0.1, 0.15) is 17.3 Å². The number of halogens is 2. The molecule has 1 N–H and O–H groups in total. The van der Waals surface area contributed by atoms with E-state index in [-0.39, 0.29) is 17.9 Å². The van der Waals surface area contributed by atoms with Crippen molar-refractivity contribution in [3.8, 4) is 28.8 Å². The minimum Gasteiger partial charge on any atom is -0.491 e. The van der Waals surface area contributed by atoms with E-state index in [2.05, 4.69) is 20.2 Å². The first-order valence-electron chi connectivity index (χ1n) is 8.61. The van der Waals surface area contributed by atoms with Crippen LogP contribution in [0.5, 0.6) is 17.5 Å². The SMILES string of the molecule is CC(C)Oc1ccc(-c2n[nH]c3nc(Oc4ccc(F)cc4F)ncc23)cc1.